The summed E-state index contributed by atoms with van der Waals surface area (Å²) in [5, 5.41) is 2.87. The van der Waals surface area contributed by atoms with E-state index in [9.17, 15) is 13.2 Å². The third-order valence-electron chi connectivity index (χ3n) is 3.83. The first-order chi connectivity index (χ1) is 12.4. The Morgan fingerprint density at radius 3 is 2.19 bits per heavy atom. The van der Waals surface area contributed by atoms with Gasteiger partial charge in [-0.1, -0.05) is 31.2 Å². The molecular formula is C19H24N2O4S. The number of rotatable bonds is 9. The average molecular weight is 376 g/mol. The maximum atomic E-state index is 12.0. The summed E-state index contributed by atoms with van der Waals surface area (Å²) in [5.41, 5.74) is 1.88. The van der Waals surface area contributed by atoms with Crippen LogP contribution in [0, 0.1) is 0 Å². The van der Waals surface area contributed by atoms with Crippen LogP contribution >= 0.6 is 0 Å². The van der Waals surface area contributed by atoms with E-state index in [1.807, 2.05) is 24.3 Å². The molecule has 0 heterocycles. The Morgan fingerprint density at radius 2 is 1.62 bits per heavy atom. The molecule has 0 saturated carbocycles. The second-order valence-corrected chi connectivity index (χ2v) is 7.54. The van der Waals surface area contributed by atoms with Crippen molar-refractivity contribution in [3.63, 3.8) is 0 Å². The van der Waals surface area contributed by atoms with Crippen LogP contribution < -0.4 is 14.8 Å². The molecular weight excluding hydrogens is 352 g/mol. The summed E-state index contributed by atoms with van der Waals surface area (Å²) in [5.74, 6) is 0.704. The van der Waals surface area contributed by atoms with Gasteiger partial charge in [0.05, 0.1) is 18.4 Å². The highest BCUT2D eigenvalue weighted by Gasteiger charge is 2.11. The number of carbonyl (C=O) groups is 1. The topological polar surface area (TPSA) is 84.5 Å². The second kappa shape index (κ2) is 9.35. The van der Waals surface area contributed by atoms with Gasteiger partial charge in [0.25, 0.3) is 0 Å². The van der Waals surface area contributed by atoms with E-state index in [-0.39, 0.29) is 10.8 Å². The van der Waals surface area contributed by atoms with Crippen LogP contribution in [0.15, 0.2) is 53.4 Å². The first-order valence-electron chi connectivity index (χ1n) is 8.43. The smallest absolute Gasteiger partial charge is 0.240 e. The fourth-order valence-corrected chi connectivity index (χ4v) is 3.49. The zero-order valence-corrected chi connectivity index (χ0v) is 15.8. The summed E-state index contributed by atoms with van der Waals surface area (Å²) < 4.78 is 31.3. The molecule has 0 bridgehead atoms. The number of ether oxygens (including phenoxy) is 1. The van der Waals surface area contributed by atoms with Gasteiger partial charge >= 0.3 is 0 Å². The van der Waals surface area contributed by atoms with Gasteiger partial charge in [-0.25, -0.2) is 13.1 Å². The number of hydrogen-bond acceptors (Lipinski definition) is 4. The molecule has 0 aromatic heterocycles. The van der Waals surface area contributed by atoms with E-state index in [0.29, 0.717) is 25.9 Å². The van der Waals surface area contributed by atoms with Gasteiger partial charge in [-0.05, 0) is 41.8 Å². The Balaban J connectivity index is 1.80. The highest BCUT2D eigenvalue weighted by Crippen LogP contribution is 2.12. The van der Waals surface area contributed by atoms with Gasteiger partial charge in [-0.15, -0.1) is 0 Å². The van der Waals surface area contributed by atoms with Crippen molar-refractivity contribution >= 4 is 15.9 Å². The molecule has 0 fully saturated rings. The van der Waals surface area contributed by atoms with Crippen LogP contribution in [0.2, 0.25) is 0 Å². The molecule has 0 atom stereocenters. The fourth-order valence-electron chi connectivity index (χ4n) is 2.45. The number of carbonyl (C=O) groups excluding carboxylic acids is 1. The first-order valence-corrected chi connectivity index (χ1v) is 9.91. The van der Waals surface area contributed by atoms with Crippen molar-refractivity contribution in [1.82, 2.24) is 10.0 Å². The van der Waals surface area contributed by atoms with Crippen molar-refractivity contribution in [2.75, 3.05) is 20.2 Å². The van der Waals surface area contributed by atoms with Crippen molar-refractivity contribution in [2.45, 2.75) is 24.7 Å². The lowest BCUT2D eigenvalue weighted by Crippen LogP contribution is -2.27. The largest absolute Gasteiger partial charge is 0.497 e. The molecule has 26 heavy (non-hydrogen) atoms. The van der Waals surface area contributed by atoms with Crippen molar-refractivity contribution in [3.8, 4) is 5.75 Å². The average Bonchev–Trinajstić information content (AvgIpc) is 2.63. The Morgan fingerprint density at radius 1 is 1.00 bits per heavy atom. The Labute approximate surface area is 154 Å². The van der Waals surface area contributed by atoms with Crippen LogP contribution in [0.5, 0.6) is 5.75 Å². The number of hydrogen-bond donors (Lipinski definition) is 2. The number of methoxy groups -OCH3 is 1. The van der Waals surface area contributed by atoms with Gasteiger partial charge in [-0.3, -0.25) is 4.79 Å². The van der Waals surface area contributed by atoms with Crippen LogP contribution in [0.1, 0.15) is 18.1 Å². The monoisotopic (exact) mass is 376 g/mol. The molecule has 7 heteroatoms. The minimum Gasteiger partial charge on any atom is -0.497 e. The minimum atomic E-state index is -3.43. The number of nitrogens with one attached hydrogen (secondary N) is 2. The molecule has 1 amide bonds. The second-order valence-electron chi connectivity index (χ2n) is 5.77. The number of sulfonamides is 1. The fraction of sp³-hybridized carbons (Fsp3) is 0.316. The molecule has 0 saturated heterocycles. The maximum absolute atomic E-state index is 12.0. The number of amides is 1. The Kier molecular flexibility index (Phi) is 7.17. The number of benzene rings is 2. The van der Waals surface area contributed by atoms with E-state index >= 15 is 0 Å². The van der Waals surface area contributed by atoms with E-state index in [2.05, 4.69) is 10.0 Å². The molecule has 0 aliphatic carbocycles. The van der Waals surface area contributed by atoms with Gasteiger partial charge in [0, 0.05) is 13.1 Å². The predicted octanol–water partition coefficient (Wildman–Crippen LogP) is 1.89. The first kappa shape index (κ1) is 19.9. The third kappa shape index (κ3) is 5.86. The molecule has 2 aromatic carbocycles. The van der Waals surface area contributed by atoms with Crippen LogP contribution in [0.3, 0.4) is 0 Å². The van der Waals surface area contributed by atoms with Crippen molar-refractivity contribution in [3.05, 3.63) is 59.7 Å². The normalized spacial score (nSPS) is 11.2. The Hall–Kier alpha value is -2.38. The van der Waals surface area contributed by atoms with Gasteiger partial charge in [0.1, 0.15) is 5.75 Å². The maximum Gasteiger partial charge on any atom is 0.240 e. The Bertz CT molecular complexity index is 816. The summed E-state index contributed by atoms with van der Waals surface area (Å²) in [6.07, 6.45) is 0.944. The van der Waals surface area contributed by atoms with Gasteiger partial charge < -0.3 is 10.1 Å². The summed E-state index contributed by atoms with van der Waals surface area (Å²) >= 11 is 0. The van der Waals surface area contributed by atoms with Crippen LogP contribution in [-0.4, -0.2) is 34.5 Å². The lowest BCUT2D eigenvalue weighted by atomic mass is 10.1. The van der Waals surface area contributed by atoms with Crippen LogP contribution in [0.25, 0.3) is 0 Å². The van der Waals surface area contributed by atoms with Gasteiger partial charge in [0.15, 0.2) is 0 Å². The van der Waals surface area contributed by atoms with Crippen molar-refractivity contribution in [2.24, 2.45) is 0 Å². The minimum absolute atomic E-state index is 0.0542. The van der Waals surface area contributed by atoms with E-state index in [4.69, 9.17) is 4.74 Å². The van der Waals surface area contributed by atoms with Crippen LogP contribution in [0.4, 0.5) is 0 Å². The van der Waals surface area contributed by atoms with Crippen molar-refractivity contribution < 1.29 is 17.9 Å². The van der Waals surface area contributed by atoms with E-state index in [1.54, 1.807) is 38.3 Å². The SMILES string of the molecule is CCNS(=O)(=O)c1ccc(CCNC(=O)Cc2ccc(OC)cc2)cc1. The highest BCUT2D eigenvalue weighted by atomic mass is 32.2. The molecule has 140 valence electrons. The molecule has 2 N–H and O–H groups in total. The summed E-state index contributed by atoms with van der Waals surface area (Å²) in [6.45, 7) is 2.58. The standard InChI is InChI=1S/C19H24N2O4S/c1-3-21-26(23,24)18-10-6-15(7-11-18)12-13-20-19(22)14-16-4-8-17(25-2)9-5-16/h4-11,21H,3,12-14H2,1-2H3,(H,20,22). The van der Waals surface area contributed by atoms with Crippen molar-refractivity contribution in [1.29, 1.82) is 0 Å². The third-order valence-corrected chi connectivity index (χ3v) is 5.39. The molecule has 6 nitrogen and oxygen atoms in total. The lowest BCUT2D eigenvalue weighted by molar-refractivity contribution is -0.120. The summed E-state index contributed by atoms with van der Waals surface area (Å²) in [6, 6.07) is 14.1. The van der Waals surface area contributed by atoms with Gasteiger partial charge in [-0.2, -0.15) is 0 Å². The lowest BCUT2D eigenvalue weighted by Gasteiger charge is -2.08. The molecule has 2 aromatic rings. The molecule has 0 unspecified atom stereocenters. The van der Waals surface area contributed by atoms with E-state index in [1.165, 1.54) is 0 Å². The zero-order chi connectivity index (χ0) is 19.0. The molecule has 0 radical (unpaired) electrons. The molecule has 0 spiro atoms. The quantitative estimate of drug-likeness (QED) is 0.700. The van der Waals surface area contributed by atoms with Crippen LogP contribution in [-0.2, 0) is 27.7 Å². The van der Waals surface area contributed by atoms with E-state index in [0.717, 1.165) is 16.9 Å². The predicted molar refractivity (Wildman–Crippen MR) is 101 cm³/mol. The molecule has 0 aliphatic heterocycles. The van der Waals surface area contributed by atoms with E-state index < -0.39 is 10.0 Å². The van der Waals surface area contributed by atoms with Gasteiger partial charge in [0.2, 0.25) is 15.9 Å². The summed E-state index contributed by atoms with van der Waals surface area (Å²) in [4.78, 5) is 12.2. The zero-order valence-electron chi connectivity index (χ0n) is 15.0. The highest BCUT2D eigenvalue weighted by molar-refractivity contribution is 7.89. The summed E-state index contributed by atoms with van der Waals surface area (Å²) in [7, 11) is -1.83. The molecule has 2 rings (SSSR count). The molecule has 0 aliphatic rings.